The molecule has 3 fully saturated rings. The fourth-order valence-corrected chi connectivity index (χ4v) is 8.18. The minimum absolute atomic E-state index is 0.180. The van der Waals surface area contributed by atoms with Crippen molar-refractivity contribution in [1.82, 2.24) is 0 Å². The van der Waals surface area contributed by atoms with Crippen LogP contribution in [-0.4, -0.2) is 23.6 Å². The second-order valence-electron chi connectivity index (χ2n) is 11.4. The van der Waals surface area contributed by atoms with Crippen LogP contribution in [0.5, 0.6) is 0 Å². The maximum Gasteiger partial charge on any atom is 0.238 e. The van der Waals surface area contributed by atoms with Gasteiger partial charge in [-0.05, 0) is 47.7 Å². The van der Waals surface area contributed by atoms with Crippen molar-refractivity contribution >= 4 is 40.6 Å². The van der Waals surface area contributed by atoms with Crippen LogP contribution in [0.25, 0.3) is 5.57 Å². The Morgan fingerprint density at radius 2 is 1.05 bits per heavy atom. The molecule has 196 valence electrons. The van der Waals surface area contributed by atoms with Gasteiger partial charge in [0.2, 0.25) is 23.6 Å². The average Bonchev–Trinajstić information content (AvgIpc) is 3.43. The van der Waals surface area contributed by atoms with Gasteiger partial charge < -0.3 is 0 Å². The highest BCUT2D eigenvalue weighted by molar-refractivity contribution is 6.24. The molecule has 6 aliphatic rings. The molecule has 9 rings (SSSR count). The maximum absolute atomic E-state index is 14.1. The smallest absolute Gasteiger partial charge is 0.238 e. The van der Waals surface area contributed by atoms with Gasteiger partial charge in [-0.1, -0.05) is 84.5 Å². The highest BCUT2D eigenvalue weighted by Gasteiger charge is 2.67. The van der Waals surface area contributed by atoms with E-state index in [0.717, 1.165) is 16.7 Å². The zero-order chi connectivity index (χ0) is 27.1. The van der Waals surface area contributed by atoms with E-state index in [9.17, 15) is 19.2 Å². The monoisotopic (exact) mass is 526 g/mol. The van der Waals surface area contributed by atoms with Crippen molar-refractivity contribution in [2.45, 2.75) is 6.42 Å². The lowest BCUT2D eigenvalue weighted by atomic mass is 9.49. The van der Waals surface area contributed by atoms with Gasteiger partial charge in [0.25, 0.3) is 0 Å². The fraction of sp³-hybridized carbons (Fsp3) is 0.235. The summed E-state index contributed by atoms with van der Waals surface area (Å²) in [5.74, 6) is -3.88. The largest absolute Gasteiger partial charge is 0.274 e. The second-order valence-corrected chi connectivity index (χ2v) is 11.4. The van der Waals surface area contributed by atoms with Crippen LogP contribution in [0.4, 0.5) is 11.4 Å². The quantitative estimate of drug-likeness (QED) is 0.360. The number of benzene rings is 3. The van der Waals surface area contributed by atoms with Crippen LogP contribution >= 0.6 is 0 Å². The van der Waals surface area contributed by atoms with E-state index < -0.39 is 23.7 Å². The molecule has 0 unspecified atom stereocenters. The van der Waals surface area contributed by atoms with Gasteiger partial charge >= 0.3 is 0 Å². The Labute approximate surface area is 231 Å². The number of imide groups is 2. The van der Waals surface area contributed by atoms with E-state index in [1.54, 1.807) is 24.3 Å². The predicted octanol–water partition coefficient (Wildman–Crippen LogP) is 4.89. The molecule has 3 aromatic carbocycles. The van der Waals surface area contributed by atoms with E-state index in [4.69, 9.17) is 0 Å². The van der Waals surface area contributed by atoms with Gasteiger partial charge in [-0.25, -0.2) is 0 Å². The number of hydrogen-bond donors (Lipinski definition) is 0. The third-order valence-electron chi connectivity index (χ3n) is 9.66. The first kappa shape index (κ1) is 23.3. The predicted molar refractivity (Wildman–Crippen MR) is 149 cm³/mol. The van der Waals surface area contributed by atoms with E-state index in [2.05, 4.69) is 6.08 Å². The molecule has 2 bridgehead atoms. The summed E-state index contributed by atoms with van der Waals surface area (Å²) in [6, 6.07) is 28.2. The zero-order valence-corrected chi connectivity index (χ0v) is 21.6. The highest BCUT2D eigenvalue weighted by Crippen LogP contribution is 2.63. The first-order valence-electron chi connectivity index (χ1n) is 13.9. The third-order valence-corrected chi connectivity index (χ3v) is 9.66. The van der Waals surface area contributed by atoms with Gasteiger partial charge in [0, 0.05) is 11.8 Å². The molecule has 0 spiro atoms. The molecular weight excluding hydrogens is 500 g/mol. The first-order valence-corrected chi connectivity index (χ1v) is 13.9. The van der Waals surface area contributed by atoms with Crippen molar-refractivity contribution < 1.29 is 19.2 Å². The lowest BCUT2D eigenvalue weighted by molar-refractivity contribution is -0.129. The van der Waals surface area contributed by atoms with Crippen molar-refractivity contribution in [2.24, 2.45) is 41.4 Å². The van der Waals surface area contributed by atoms with Gasteiger partial charge in [-0.2, -0.15) is 0 Å². The van der Waals surface area contributed by atoms with Gasteiger partial charge in [0.05, 0.1) is 35.0 Å². The van der Waals surface area contributed by atoms with Crippen LogP contribution in [0.2, 0.25) is 0 Å². The molecule has 0 radical (unpaired) electrons. The number of anilines is 2. The summed E-state index contributed by atoms with van der Waals surface area (Å²) in [7, 11) is 0. The maximum atomic E-state index is 14.1. The Kier molecular flexibility index (Phi) is 4.93. The number of allylic oxidation sites excluding steroid dienone is 4. The molecular formula is C34H26N2O4. The Morgan fingerprint density at radius 1 is 0.525 bits per heavy atom. The van der Waals surface area contributed by atoms with E-state index >= 15 is 0 Å². The molecule has 7 atom stereocenters. The SMILES string of the molecule is O=C1[C@H]2[C@@H]3C=C[C@H](C4=C(c5ccccc5)C[C@H]5C(=O)N(c6ccccc6)C(=O)[C@H]5[C@@H]43)[C@H]2C(=O)N1c1ccccc1. The van der Waals surface area contributed by atoms with Gasteiger partial charge in [-0.15, -0.1) is 0 Å². The summed E-state index contributed by atoms with van der Waals surface area (Å²) in [4.78, 5) is 58.7. The minimum Gasteiger partial charge on any atom is -0.274 e. The van der Waals surface area contributed by atoms with Gasteiger partial charge in [0.1, 0.15) is 0 Å². The van der Waals surface area contributed by atoms with Crippen molar-refractivity contribution in [2.75, 3.05) is 9.80 Å². The number of carbonyl (C=O) groups is 4. The van der Waals surface area contributed by atoms with Gasteiger partial charge in [-0.3, -0.25) is 29.0 Å². The van der Waals surface area contributed by atoms with E-state index in [0.29, 0.717) is 17.8 Å². The summed E-state index contributed by atoms with van der Waals surface area (Å²) in [6.07, 6.45) is 4.57. The van der Waals surface area contributed by atoms with Crippen molar-refractivity contribution in [1.29, 1.82) is 0 Å². The molecule has 2 aliphatic heterocycles. The average molecular weight is 527 g/mol. The summed E-state index contributed by atoms with van der Waals surface area (Å²) in [6.45, 7) is 0. The zero-order valence-electron chi connectivity index (χ0n) is 21.6. The number of rotatable bonds is 3. The van der Waals surface area contributed by atoms with Crippen LogP contribution in [0.1, 0.15) is 12.0 Å². The number of para-hydroxylation sites is 2. The Morgan fingerprint density at radius 3 is 1.68 bits per heavy atom. The summed E-state index contributed by atoms with van der Waals surface area (Å²) < 4.78 is 0. The summed E-state index contributed by atoms with van der Waals surface area (Å²) >= 11 is 0. The van der Waals surface area contributed by atoms with E-state index in [1.165, 1.54) is 9.80 Å². The molecule has 1 saturated carbocycles. The lowest BCUT2D eigenvalue weighted by Gasteiger charge is -2.51. The number of hydrogen-bond acceptors (Lipinski definition) is 4. The number of carbonyl (C=O) groups excluding carboxylic acids is 4. The Hall–Kier alpha value is -4.58. The molecule has 4 amide bonds. The molecule has 3 aromatic rings. The summed E-state index contributed by atoms with van der Waals surface area (Å²) in [5, 5.41) is 0. The first-order chi connectivity index (χ1) is 19.6. The Bertz CT molecular complexity index is 1640. The second kappa shape index (κ2) is 8.46. The number of fused-ring (bicyclic) bond motifs is 1. The van der Waals surface area contributed by atoms with E-state index in [-0.39, 0.29) is 41.4 Å². The molecule has 6 heteroatoms. The normalized spacial score (nSPS) is 32.0. The highest BCUT2D eigenvalue weighted by atomic mass is 16.2. The van der Waals surface area contributed by atoms with Crippen LogP contribution in [0.3, 0.4) is 0 Å². The van der Waals surface area contributed by atoms with Crippen LogP contribution in [0, 0.1) is 41.4 Å². The number of nitrogens with zero attached hydrogens (tertiary/aromatic N) is 2. The third kappa shape index (κ3) is 2.99. The molecule has 40 heavy (non-hydrogen) atoms. The van der Waals surface area contributed by atoms with Crippen molar-refractivity contribution in [3.8, 4) is 0 Å². The minimum atomic E-state index is -0.567. The summed E-state index contributed by atoms with van der Waals surface area (Å²) in [5.41, 5.74) is 4.26. The van der Waals surface area contributed by atoms with Crippen molar-refractivity contribution in [3.05, 3.63) is 114 Å². The molecule has 0 N–H and O–H groups in total. The van der Waals surface area contributed by atoms with Gasteiger partial charge in [0.15, 0.2) is 0 Å². The standard InChI is InChI=1S/C34H26N2O4/c37-31-25-18-24(19-10-4-1-5-11-19)26-22-16-17-23(27(26)30(25)34(40)35(31)20-12-6-2-7-13-20)29-28(22)32(38)36(33(29)39)21-14-8-3-9-15-21/h1-17,22-23,25,27-30H,18H2/t22-,23-,25-,27-,28-,29+,30-/m1/s1. The van der Waals surface area contributed by atoms with Crippen molar-refractivity contribution in [3.63, 3.8) is 0 Å². The molecule has 2 heterocycles. The Balaban J connectivity index is 1.30. The van der Waals surface area contributed by atoms with Crippen LogP contribution < -0.4 is 9.80 Å². The van der Waals surface area contributed by atoms with Crippen LogP contribution in [0.15, 0.2) is 109 Å². The molecule has 4 aliphatic carbocycles. The fourth-order valence-electron chi connectivity index (χ4n) is 8.18. The van der Waals surface area contributed by atoms with E-state index in [1.807, 2.05) is 72.8 Å². The lowest BCUT2D eigenvalue weighted by Crippen LogP contribution is -2.51. The molecule has 0 aromatic heterocycles. The topological polar surface area (TPSA) is 74.8 Å². The van der Waals surface area contributed by atoms with Crippen LogP contribution in [-0.2, 0) is 19.2 Å². The molecule has 2 saturated heterocycles. The molecule has 6 nitrogen and oxygen atoms in total. The number of amides is 4.